The van der Waals surface area contributed by atoms with Crippen LogP contribution in [-0.4, -0.2) is 10.8 Å². The number of nitro groups is 1. The van der Waals surface area contributed by atoms with Gasteiger partial charge in [-0.05, 0) is 49.7 Å². The molecule has 1 fully saturated rings. The summed E-state index contributed by atoms with van der Waals surface area (Å²) in [6.45, 7) is 0. The zero-order valence-corrected chi connectivity index (χ0v) is 11.7. The molecule has 1 saturated carbocycles. The average Bonchev–Trinajstić information content (AvgIpc) is 3.10. The minimum absolute atomic E-state index is 0.0344. The number of fused-ring (bicyclic) bond motifs is 1. The molecule has 21 heavy (non-hydrogen) atoms. The van der Waals surface area contributed by atoms with Crippen LogP contribution in [0.2, 0.25) is 0 Å². The molecule has 0 radical (unpaired) electrons. The van der Waals surface area contributed by atoms with Gasteiger partial charge in [-0.2, -0.15) is 0 Å². The lowest BCUT2D eigenvalue weighted by molar-refractivity contribution is -0.384. The standard InChI is InChI=1S/C16H18N2O3/c19-16(15-13-5-3-1-2-4-6-14(13)15)17-11-7-9-12(10-8-11)18(20)21/h1-2,7-10,13-15H,3-6H2,(H,17,19)/b2-1-. The summed E-state index contributed by atoms with van der Waals surface area (Å²) < 4.78 is 0. The number of nitro benzene ring substituents is 1. The molecular weight excluding hydrogens is 268 g/mol. The summed E-state index contributed by atoms with van der Waals surface area (Å²) in [5, 5.41) is 13.5. The molecule has 110 valence electrons. The fourth-order valence-corrected chi connectivity index (χ4v) is 3.33. The summed E-state index contributed by atoms with van der Waals surface area (Å²) in [4.78, 5) is 22.5. The number of nitrogens with one attached hydrogen (secondary N) is 1. The number of hydrogen-bond acceptors (Lipinski definition) is 3. The zero-order chi connectivity index (χ0) is 14.8. The minimum atomic E-state index is -0.443. The molecule has 1 aromatic rings. The molecule has 5 nitrogen and oxygen atoms in total. The molecule has 1 aromatic carbocycles. The van der Waals surface area contributed by atoms with E-state index < -0.39 is 4.92 Å². The van der Waals surface area contributed by atoms with E-state index in [1.165, 1.54) is 12.1 Å². The van der Waals surface area contributed by atoms with Gasteiger partial charge in [0.15, 0.2) is 0 Å². The van der Waals surface area contributed by atoms with E-state index >= 15 is 0 Å². The summed E-state index contributed by atoms with van der Waals surface area (Å²) in [5.74, 6) is 1.18. The van der Waals surface area contributed by atoms with Crippen molar-refractivity contribution in [3.8, 4) is 0 Å². The van der Waals surface area contributed by atoms with Gasteiger partial charge in [0.25, 0.3) is 5.69 Å². The average molecular weight is 286 g/mol. The number of non-ortho nitro benzene ring substituents is 1. The number of amides is 1. The van der Waals surface area contributed by atoms with Crippen LogP contribution in [0, 0.1) is 27.9 Å². The number of hydrogen-bond donors (Lipinski definition) is 1. The van der Waals surface area contributed by atoms with Crippen molar-refractivity contribution in [1.29, 1.82) is 0 Å². The Morgan fingerprint density at radius 1 is 1.10 bits per heavy atom. The molecule has 2 aliphatic carbocycles. The molecule has 2 aliphatic rings. The third-order valence-electron chi connectivity index (χ3n) is 4.48. The topological polar surface area (TPSA) is 72.2 Å². The molecule has 0 bridgehead atoms. The molecule has 0 aromatic heterocycles. The van der Waals surface area contributed by atoms with Crippen LogP contribution in [0.5, 0.6) is 0 Å². The third kappa shape index (κ3) is 2.96. The van der Waals surface area contributed by atoms with E-state index in [4.69, 9.17) is 0 Å². The van der Waals surface area contributed by atoms with Crippen molar-refractivity contribution in [2.75, 3.05) is 5.32 Å². The Labute approximate surface area is 123 Å². The second-order valence-corrected chi connectivity index (χ2v) is 5.77. The van der Waals surface area contributed by atoms with E-state index in [9.17, 15) is 14.9 Å². The van der Waals surface area contributed by atoms with E-state index in [0.29, 0.717) is 17.5 Å². The maximum absolute atomic E-state index is 12.3. The summed E-state index contributed by atoms with van der Waals surface area (Å²) in [6.07, 6.45) is 8.70. The normalized spacial score (nSPS) is 28.7. The fraction of sp³-hybridized carbons (Fsp3) is 0.438. The highest BCUT2D eigenvalue weighted by Crippen LogP contribution is 2.53. The van der Waals surface area contributed by atoms with E-state index in [1.807, 2.05) is 0 Å². The maximum atomic E-state index is 12.3. The zero-order valence-electron chi connectivity index (χ0n) is 11.7. The van der Waals surface area contributed by atoms with Gasteiger partial charge < -0.3 is 5.32 Å². The Bertz CT molecular complexity index is 564. The van der Waals surface area contributed by atoms with E-state index in [-0.39, 0.29) is 17.5 Å². The monoisotopic (exact) mass is 286 g/mol. The van der Waals surface area contributed by atoms with Crippen molar-refractivity contribution in [3.05, 3.63) is 46.5 Å². The number of benzene rings is 1. The van der Waals surface area contributed by atoms with Gasteiger partial charge in [-0.3, -0.25) is 14.9 Å². The van der Waals surface area contributed by atoms with Gasteiger partial charge >= 0.3 is 0 Å². The first-order chi connectivity index (χ1) is 10.2. The predicted octanol–water partition coefficient (Wildman–Crippen LogP) is 3.53. The number of rotatable bonds is 3. The lowest BCUT2D eigenvalue weighted by Crippen LogP contribution is -2.15. The number of anilines is 1. The van der Waals surface area contributed by atoms with Crippen molar-refractivity contribution >= 4 is 17.3 Å². The van der Waals surface area contributed by atoms with Crippen LogP contribution in [0.4, 0.5) is 11.4 Å². The first kappa shape index (κ1) is 13.8. The molecule has 1 N–H and O–H groups in total. The first-order valence-corrected chi connectivity index (χ1v) is 7.37. The van der Waals surface area contributed by atoms with Crippen LogP contribution in [0.25, 0.3) is 0 Å². The van der Waals surface area contributed by atoms with Gasteiger partial charge in [-0.25, -0.2) is 0 Å². The second-order valence-electron chi connectivity index (χ2n) is 5.77. The summed E-state index contributed by atoms with van der Waals surface area (Å²) >= 11 is 0. The van der Waals surface area contributed by atoms with Crippen LogP contribution < -0.4 is 5.32 Å². The highest BCUT2D eigenvalue weighted by atomic mass is 16.6. The fourth-order valence-electron chi connectivity index (χ4n) is 3.33. The van der Waals surface area contributed by atoms with Crippen LogP contribution >= 0.6 is 0 Å². The molecule has 3 rings (SSSR count). The minimum Gasteiger partial charge on any atom is -0.326 e. The van der Waals surface area contributed by atoms with Gasteiger partial charge in [0, 0.05) is 23.7 Å². The smallest absolute Gasteiger partial charge is 0.269 e. The second kappa shape index (κ2) is 5.68. The molecule has 2 unspecified atom stereocenters. The Morgan fingerprint density at radius 2 is 1.67 bits per heavy atom. The number of allylic oxidation sites excluding steroid dienone is 2. The van der Waals surface area contributed by atoms with Crippen molar-refractivity contribution in [1.82, 2.24) is 0 Å². The van der Waals surface area contributed by atoms with Crippen molar-refractivity contribution in [3.63, 3.8) is 0 Å². The number of carbonyl (C=O) groups excluding carboxylic acids is 1. The molecule has 0 aliphatic heterocycles. The van der Waals surface area contributed by atoms with Gasteiger partial charge in [-0.15, -0.1) is 0 Å². The number of nitrogens with zero attached hydrogens (tertiary/aromatic N) is 1. The lowest BCUT2D eigenvalue weighted by atomic mass is 10.1. The van der Waals surface area contributed by atoms with Crippen LogP contribution in [-0.2, 0) is 4.79 Å². The van der Waals surface area contributed by atoms with Gasteiger partial charge in [0.05, 0.1) is 4.92 Å². The molecule has 0 saturated heterocycles. The third-order valence-corrected chi connectivity index (χ3v) is 4.48. The van der Waals surface area contributed by atoms with Crippen LogP contribution in [0.1, 0.15) is 25.7 Å². The van der Waals surface area contributed by atoms with Gasteiger partial charge in [0.1, 0.15) is 0 Å². The molecule has 0 spiro atoms. The maximum Gasteiger partial charge on any atom is 0.269 e. The predicted molar refractivity (Wildman–Crippen MR) is 79.8 cm³/mol. The Kier molecular flexibility index (Phi) is 3.73. The Morgan fingerprint density at radius 3 is 2.19 bits per heavy atom. The van der Waals surface area contributed by atoms with Crippen LogP contribution in [0.15, 0.2) is 36.4 Å². The van der Waals surface area contributed by atoms with E-state index in [0.717, 1.165) is 25.7 Å². The lowest BCUT2D eigenvalue weighted by Gasteiger charge is -2.04. The van der Waals surface area contributed by atoms with Crippen molar-refractivity contribution in [2.45, 2.75) is 25.7 Å². The number of carbonyl (C=O) groups is 1. The molecule has 2 atom stereocenters. The highest BCUT2D eigenvalue weighted by Gasteiger charge is 2.53. The Balaban J connectivity index is 1.61. The summed E-state index contributed by atoms with van der Waals surface area (Å²) in [5.41, 5.74) is 0.662. The quantitative estimate of drug-likeness (QED) is 0.525. The first-order valence-electron chi connectivity index (χ1n) is 7.37. The summed E-state index contributed by atoms with van der Waals surface area (Å²) in [7, 11) is 0. The molecule has 5 heteroatoms. The van der Waals surface area contributed by atoms with Gasteiger partial charge in [-0.1, -0.05) is 12.2 Å². The Hall–Kier alpha value is -2.17. The SMILES string of the molecule is O=C(Nc1ccc([N+](=O)[O-])cc1)C1C2CC/C=C\CCC21. The molecule has 1 amide bonds. The molecular formula is C16H18N2O3. The van der Waals surface area contributed by atoms with E-state index in [2.05, 4.69) is 17.5 Å². The van der Waals surface area contributed by atoms with Gasteiger partial charge in [0.2, 0.25) is 5.91 Å². The van der Waals surface area contributed by atoms with E-state index in [1.54, 1.807) is 12.1 Å². The van der Waals surface area contributed by atoms with Crippen molar-refractivity contribution < 1.29 is 9.72 Å². The molecule has 0 heterocycles. The highest BCUT2D eigenvalue weighted by molar-refractivity contribution is 5.95. The largest absolute Gasteiger partial charge is 0.326 e. The van der Waals surface area contributed by atoms with Crippen LogP contribution in [0.3, 0.4) is 0 Å². The summed E-state index contributed by atoms with van der Waals surface area (Å²) in [6, 6.07) is 6.00. The van der Waals surface area contributed by atoms with Crippen molar-refractivity contribution in [2.24, 2.45) is 17.8 Å².